The van der Waals surface area contributed by atoms with Gasteiger partial charge >= 0.3 is 0 Å². The van der Waals surface area contributed by atoms with E-state index in [2.05, 4.69) is 13.8 Å². The van der Waals surface area contributed by atoms with Crippen molar-refractivity contribution in [1.82, 2.24) is 0 Å². The minimum atomic E-state index is -0.140. The predicted octanol–water partition coefficient (Wildman–Crippen LogP) is 4.68. The van der Waals surface area contributed by atoms with Crippen LogP contribution in [0, 0.1) is 11.8 Å². The molecule has 0 aliphatic carbocycles. The van der Waals surface area contributed by atoms with Crippen LogP contribution in [0.25, 0.3) is 0 Å². The van der Waals surface area contributed by atoms with E-state index in [1.165, 1.54) is 4.90 Å². The Bertz CT molecular complexity index is 411. The third-order valence-corrected chi connectivity index (χ3v) is 5.16. The monoisotopic (exact) mass is 334 g/mol. The van der Waals surface area contributed by atoms with E-state index < -0.39 is 0 Å². The molecular weight excluding hydrogens is 315 g/mol. The average molecular weight is 335 g/mol. The number of hydrogen-bond donors (Lipinski definition) is 0. The summed E-state index contributed by atoms with van der Waals surface area (Å²) in [7, 11) is 0. The first-order chi connectivity index (χ1) is 9.60. The smallest absolute Gasteiger partial charge is 0.162 e. The van der Waals surface area contributed by atoms with Crippen LogP contribution in [0.15, 0.2) is 29.2 Å². The van der Waals surface area contributed by atoms with E-state index in [0.717, 1.165) is 10.8 Å². The molecule has 0 amide bonds. The third kappa shape index (κ3) is 4.54. The van der Waals surface area contributed by atoms with E-state index >= 15 is 0 Å². The molecule has 0 spiro atoms. The van der Waals surface area contributed by atoms with E-state index in [0.29, 0.717) is 24.3 Å². The Hall–Kier alpha value is 0.0700. The summed E-state index contributed by atoms with van der Waals surface area (Å²) in [6.45, 7) is 5.00. The van der Waals surface area contributed by atoms with Gasteiger partial charge < -0.3 is 9.47 Å². The minimum Gasteiger partial charge on any atom is -0.350 e. The zero-order chi connectivity index (χ0) is 14.5. The Labute approximate surface area is 135 Å². The molecule has 5 heteroatoms. The molecule has 1 aromatic carbocycles. The fraction of sp³-hybridized carbons (Fsp3) is 0.600. The van der Waals surface area contributed by atoms with Gasteiger partial charge in [0.05, 0.1) is 18.6 Å². The van der Waals surface area contributed by atoms with Crippen LogP contribution in [0.4, 0.5) is 0 Å². The first-order valence-corrected chi connectivity index (χ1v) is 8.71. The number of thioether (sulfide) groups is 1. The number of ether oxygens (including phenoxy) is 2. The van der Waals surface area contributed by atoms with Gasteiger partial charge in [-0.05, 0) is 30.2 Å². The second-order valence-electron chi connectivity index (χ2n) is 5.29. The van der Waals surface area contributed by atoms with Gasteiger partial charge in [-0.2, -0.15) is 0 Å². The van der Waals surface area contributed by atoms with Crippen LogP contribution in [0.5, 0.6) is 0 Å². The van der Waals surface area contributed by atoms with E-state index in [1.54, 1.807) is 0 Å². The van der Waals surface area contributed by atoms with Crippen LogP contribution >= 0.6 is 35.0 Å². The van der Waals surface area contributed by atoms with Crippen molar-refractivity contribution >= 4 is 35.0 Å². The van der Waals surface area contributed by atoms with Crippen molar-refractivity contribution in [3.05, 3.63) is 29.3 Å². The van der Waals surface area contributed by atoms with Crippen molar-refractivity contribution in [2.75, 3.05) is 18.2 Å². The molecule has 20 heavy (non-hydrogen) atoms. The van der Waals surface area contributed by atoms with E-state index in [4.69, 9.17) is 32.7 Å². The van der Waals surface area contributed by atoms with E-state index in [-0.39, 0.29) is 12.4 Å². The lowest BCUT2D eigenvalue weighted by atomic mass is 9.97. The fourth-order valence-corrected chi connectivity index (χ4v) is 3.63. The molecule has 2 nitrogen and oxygen atoms in total. The van der Waals surface area contributed by atoms with Crippen molar-refractivity contribution in [2.45, 2.75) is 31.1 Å². The summed E-state index contributed by atoms with van der Waals surface area (Å²) in [5.41, 5.74) is 0. The second-order valence-corrected chi connectivity index (χ2v) is 7.13. The number of halogens is 2. The van der Waals surface area contributed by atoms with Gasteiger partial charge in [-0.1, -0.05) is 25.4 Å². The number of alkyl halides is 1. The lowest BCUT2D eigenvalue weighted by Gasteiger charge is -2.25. The van der Waals surface area contributed by atoms with Crippen LogP contribution in [0.3, 0.4) is 0 Å². The highest BCUT2D eigenvalue weighted by molar-refractivity contribution is 7.99. The fourth-order valence-electron chi connectivity index (χ4n) is 2.08. The molecule has 2 rings (SSSR count). The summed E-state index contributed by atoms with van der Waals surface area (Å²) in [5, 5.41) is 0.766. The Morgan fingerprint density at radius 1 is 1.30 bits per heavy atom. The van der Waals surface area contributed by atoms with Gasteiger partial charge in [-0.3, -0.25) is 0 Å². The van der Waals surface area contributed by atoms with Crippen molar-refractivity contribution in [3.8, 4) is 0 Å². The van der Waals surface area contributed by atoms with Crippen LogP contribution in [0.2, 0.25) is 5.02 Å². The first-order valence-electron chi connectivity index (χ1n) is 6.81. The summed E-state index contributed by atoms with van der Waals surface area (Å²) in [6, 6.07) is 7.92. The Kier molecular flexibility index (Phi) is 6.50. The van der Waals surface area contributed by atoms with Crippen LogP contribution in [-0.2, 0) is 9.47 Å². The summed E-state index contributed by atoms with van der Waals surface area (Å²) in [4.78, 5) is 1.21. The van der Waals surface area contributed by atoms with Gasteiger partial charge in [-0.15, -0.1) is 23.4 Å². The SMILES string of the molecule is CC(C)C(CSc1ccc(Cl)cc1)C1OCC(CCl)O1. The van der Waals surface area contributed by atoms with E-state index in [9.17, 15) is 0 Å². The standard InChI is InChI=1S/C15H20Cl2O2S/c1-10(2)14(15-18-8-12(7-16)19-15)9-20-13-5-3-11(17)4-6-13/h3-6,10,12,14-15H,7-9H2,1-2H3. The third-order valence-electron chi connectivity index (χ3n) is 3.41. The van der Waals surface area contributed by atoms with Gasteiger partial charge in [0.25, 0.3) is 0 Å². The van der Waals surface area contributed by atoms with Crippen LogP contribution in [-0.4, -0.2) is 30.6 Å². The predicted molar refractivity (Wildman–Crippen MR) is 85.8 cm³/mol. The molecule has 0 radical (unpaired) electrons. The molecule has 1 aliphatic heterocycles. The summed E-state index contributed by atoms with van der Waals surface area (Å²) < 4.78 is 11.6. The van der Waals surface area contributed by atoms with Gasteiger partial charge in [0.2, 0.25) is 0 Å². The molecular formula is C15H20Cl2O2S. The maximum absolute atomic E-state index is 5.90. The van der Waals surface area contributed by atoms with Crippen molar-refractivity contribution in [1.29, 1.82) is 0 Å². The molecule has 0 aromatic heterocycles. The van der Waals surface area contributed by atoms with Crippen molar-refractivity contribution < 1.29 is 9.47 Å². The zero-order valence-corrected chi connectivity index (χ0v) is 14.0. The number of hydrogen-bond acceptors (Lipinski definition) is 3. The van der Waals surface area contributed by atoms with E-state index in [1.807, 2.05) is 36.0 Å². The molecule has 3 atom stereocenters. The molecule has 1 aromatic rings. The highest BCUT2D eigenvalue weighted by Crippen LogP contribution is 2.31. The van der Waals surface area contributed by atoms with Gasteiger partial charge in [0.15, 0.2) is 6.29 Å². The maximum atomic E-state index is 5.90. The van der Waals surface area contributed by atoms with Gasteiger partial charge in [0.1, 0.15) is 0 Å². The quantitative estimate of drug-likeness (QED) is 0.555. The molecule has 112 valence electrons. The normalized spacial score (nSPS) is 24.2. The summed E-state index contributed by atoms with van der Waals surface area (Å²) >= 11 is 13.5. The lowest BCUT2D eigenvalue weighted by molar-refractivity contribution is -0.0984. The molecule has 0 saturated carbocycles. The highest BCUT2D eigenvalue weighted by atomic mass is 35.5. The number of benzene rings is 1. The molecule has 0 bridgehead atoms. The Morgan fingerprint density at radius 2 is 2.00 bits per heavy atom. The van der Waals surface area contributed by atoms with Gasteiger partial charge in [0, 0.05) is 21.6 Å². The number of rotatable bonds is 6. The molecule has 1 saturated heterocycles. The molecule has 1 aliphatic rings. The highest BCUT2D eigenvalue weighted by Gasteiger charge is 2.33. The second kappa shape index (κ2) is 7.90. The molecule has 0 N–H and O–H groups in total. The van der Waals surface area contributed by atoms with Crippen LogP contribution in [0.1, 0.15) is 13.8 Å². The van der Waals surface area contributed by atoms with Crippen molar-refractivity contribution in [3.63, 3.8) is 0 Å². The Morgan fingerprint density at radius 3 is 2.55 bits per heavy atom. The van der Waals surface area contributed by atoms with Gasteiger partial charge in [-0.25, -0.2) is 0 Å². The summed E-state index contributed by atoms with van der Waals surface area (Å²) in [6.07, 6.45) is -0.109. The Balaban J connectivity index is 1.91. The zero-order valence-electron chi connectivity index (χ0n) is 11.7. The minimum absolute atomic E-state index is 0.0310. The lowest BCUT2D eigenvalue weighted by Crippen LogP contribution is -2.29. The van der Waals surface area contributed by atoms with Crippen LogP contribution < -0.4 is 0 Å². The largest absolute Gasteiger partial charge is 0.350 e. The maximum Gasteiger partial charge on any atom is 0.162 e. The molecule has 3 unspecified atom stereocenters. The molecule has 1 heterocycles. The average Bonchev–Trinajstić information content (AvgIpc) is 2.89. The first kappa shape index (κ1) is 16.4. The topological polar surface area (TPSA) is 18.5 Å². The van der Waals surface area contributed by atoms with Crippen molar-refractivity contribution in [2.24, 2.45) is 11.8 Å². The summed E-state index contributed by atoms with van der Waals surface area (Å²) in [5.74, 6) is 2.29. The molecule has 1 fully saturated rings.